The standard InChI is InChI=1S/C19H19N5O3/c1-11-16(17-13(22-11)5-2-6-14(17)25)19(26)21-9-7-15-23-18(24-27-15)12-4-3-8-20-10-12/h3-4,8,10,22H,2,5-7,9H2,1H3,(H,21,26). The molecule has 8 nitrogen and oxygen atoms in total. The van der Waals surface area contributed by atoms with Gasteiger partial charge in [-0.3, -0.25) is 14.6 Å². The molecular weight excluding hydrogens is 346 g/mol. The van der Waals surface area contributed by atoms with Gasteiger partial charge < -0.3 is 14.8 Å². The lowest BCUT2D eigenvalue weighted by atomic mass is 9.93. The van der Waals surface area contributed by atoms with Crippen molar-refractivity contribution in [1.29, 1.82) is 0 Å². The molecule has 138 valence electrons. The van der Waals surface area contributed by atoms with Crippen molar-refractivity contribution in [2.45, 2.75) is 32.6 Å². The fourth-order valence-electron chi connectivity index (χ4n) is 3.36. The Kier molecular flexibility index (Phi) is 4.53. The molecule has 1 aliphatic rings. The van der Waals surface area contributed by atoms with Crippen LogP contribution in [0, 0.1) is 6.92 Å². The van der Waals surface area contributed by atoms with E-state index in [1.54, 1.807) is 18.5 Å². The van der Waals surface area contributed by atoms with Gasteiger partial charge in [0.2, 0.25) is 11.7 Å². The summed E-state index contributed by atoms with van der Waals surface area (Å²) in [5.41, 5.74) is 3.37. The molecule has 0 aliphatic heterocycles. The normalized spacial score (nSPS) is 13.4. The number of aromatic amines is 1. The van der Waals surface area contributed by atoms with E-state index in [0.717, 1.165) is 29.8 Å². The van der Waals surface area contributed by atoms with Gasteiger partial charge in [-0.15, -0.1) is 0 Å². The first-order valence-corrected chi connectivity index (χ1v) is 8.89. The van der Waals surface area contributed by atoms with Crippen molar-refractivity contribution in [1.82, 2.24) is 25.4 Å². The summed E-state index contributed by atoms with van der Waals surface area (Å²) in [5.74, 6) is 0.666. The van der Waals surface area contributed by atoms with Crippen LogP contribution in [-0.4, -0.2) is 38.3 Å². The minimum Gasteiger partial charge on any atom is -0.361 e. The molecule has 0 saturated heterocycles. The van der Waals surface area contributed by atoms with Gasteiger partial charge in [-0.05, 0) is 31.9 Å². The van der Waals surface area contributed by atoms with Crippen molar-refractivity contribution >= 4 is 11.7 Å². The highest BCUT2D eigenvalue weighted by molar-refractivity contribution is 6.10. The summed E-state index contributed by atoms with van der Waals surface area (Å²) >= 11 is 0. The van der Waals surface area contributed by atoms with E-state index in [1.807, 2.05) is 13.0 Å². The molecule has 1 amide bonds. The van der Waals surface area contributed by atoms with Crippen LogP contribution in [0.15, 0.2) is 29.0 Å². The van der Waals surface area contributed by atoms with Gasteiger partial charge in [-0.25, -0.2) is 0 Å². The number of carbonyl (C=O) groups is 2. The Balaban J connectivity index is 1.40. The zero-order chi connectivity index (χ0) is 18.8. The molecule has 3 aromatic rings. The summed E-state index contributed by atoms with van der Waals surface area (Å²) in [4.78, 5) is 36.3. The third-order valence-electron chi connectivity index (χ3n) is 4.61. The van der Waals surface area contributed by atoms with Gasteiger partial charge in [0.1, 0.15) is 0 Å². The van der Waals surface area contributed by atoms with Gasteiger partial charge in [0.05, 0.1) is 11.1 Å². The Hall–Kier alpha value is -3.29. The molecule has 27 heavy (non-hydrogen) atoms. The van der Waals surface area contributed by atoms with E-state index in [2.05, 4.69) is 25.4 Å². The first-order chi connectivity index (χ1) is 13.1. The average molecular weight is 365 g/mol. The molecule has 0 unspecified atom stereocenters. The first-order valence-electron chi connectivity index (χ1n) is 8.89. The molecule has 2 N–H and O–H groups in total. The summed E-state index contributed by atoms with van der Waals surface area (Å²) in [6.07, 6.45) is 5.84. The second-order valence-electron chi connectivity index (χ2n) is 6.51. The highest BCUT2D eigenvalue weighted by Gasteiger charge is 2.28. The molecule has 0 atom stereocenters. The van der Waals surface area contributed by atoms with Gasteiger partial charge in [-0.1, -0.05) is 5.16 Å². The van der Waals surface area contributed by atoms with Crippen LogP contribution in [0.1, 0.15) is 50.8 Å². The van der Waals surface area contributed by atoms with E-state index in [4.69, 9.17) is 4.52 Å². The molecule has 0 radical (unpaired) electrons. The molecule has 0 spiro atoms. The first kappa shape index (κ1) is 17.1. The van der Waals surface area contributed by atoms with E-state index in [1.165, 1.54) is 0 Å². The monoisotopic (exact) mass is 365 g/mol. The van der Waals surface area contributed by atoms with Crippen molar-refractivity contribution in [3.05, 3.63) is 52.9 Å². The number of rotatable bonds is 5. The fraction of sp³-hybridized carbons (Fsp3) is 0.316. The lowest BCUT2D eigenvalue weighted by Crippen LogP contribution is -2.28. The number of aryl methyl sites for hydroxylation is 2. The van der Waals surface area contributed by atoms with Crippen molar-refractivity contribution in [2.75, 3.05) is 6.54 Å². The van der Waals surface area contributed by atoms with Crippen LogP contribution in [0.5, 0.6) is 0 Å². The maximum Gasteiger partial charge on any atom is 0.253 e. The van der Waals surface area contributed by atoms with Crippen LogP contribution < -0.4 is 5.32 Å². The summed E-state index contributed by atoms with van der Waals surface area (Å²) < 4.78 is 5.22. The summed E-state index contributed by atoms with van der Waals surface area (Å²) in [6, 6.07) is 3.64. The van der Waals surface area contributed by atoms with Crippen LogP contribution in [-0.2, 0) is 12.8 Å². The van der Waals surface area contributed by atoms with Gasteiger partial charge >= 0.3 is 0 Å². The van der Waals surface area contributed by atoms with Gasteiger partial charge in [0, 0.05) is 48.7 Å². The van der Waals surface area contributed by atoms with E-state index >= 15 is 0 Å². The molecule has 1 aliphatic carbocycles. The highest BCUT2D eigenvalue weighted by Crippen LogP contribution is 2.26. The molecule has 0 saturated carbocycles. The predicted molar refractivity (Wildman–Crippen MR) is 96.4 cm³/mol. The van der Waals surface area contributed by atoms with Crippen molar-refractivity contribution in [3.63, 3.8) is 0 Å². The summed E-state index contributed by atoms with van der Waals surface area (Å²) in [7, 11) is 0. The quantitative estimate of drug-likeness (QED) is 0.717. The topological polar surface area (TPSA) is 114 Å². The lowest BCUT2D eigenvalue weighted by molar-refractivity contribution is 0.0927. The Morgan fingerprint density at radius 1 is 1.37 bits per heavy atom. The van der Waals surface area contributed by atoms with E-state index in [9.17, 15) is 9.59 Å². The molecule has 0 bridgehead atoms. The number of fused-ring (bicyclic) bond motifs is 1. The van der Waals surface area contributed by atoms with Crippen LogP contribution in [0.3, 0.4) is 0 Å². The van der Waals surface area contributed by atoms with E-state index < -0.39 is 0 Å². The summed E-state index contributed by atoms with van der Waals surface area (Å²) in [5, 5.41) is 6.77. The fourth-order valence-corrected chi connectivity index (χ4v) is 3.36. The van der Waals surface area contributed by atoms with Gasteiger partial charge in [0.25, 0.3) is 5.91 Å². The average Bonchev–Trinajstić information content (AvgIpc) is 3.27. The maximum atomic E-state index is 12.6. The minimum atomic E-state index is -0.257. The number of hydrogen-bond donors (Lipinski definition) is 2. The largest absolute Gasteiger partial charge is 0.361 e. The molecule has 0 fully saturated rings. The number of nitrogens with one attached hydrogen (secondary N) is 2. The van der Waals surface area contributed by atoms with Gasteiger partial charge in [-0.2, -0.15) is 4.98 Å². The number of Topliss-reactive ketones (excluding diaryl/α,β-unsaturated/α-hetero) is 1. The second kappa shape index (κ2) is 7.14. The number of ketones is 1. The highest BCUT2D eigenvalue weighted by atomic mass is 16.5. The number of H-pyrrole nitrogens is 1. The van der Waals surface area contributed by atoms with Crippen molar-refractivity contribution in [2.24, 2.45) is 0 Å². The zero-order valence-electron chi connectivity index (χ0n) is 14.9. The Morgan fingerprint density at radius 3 is 3.07 bits per heavy atom. The van der Waals surface area contributed by atoms with Crippen LogP contribution >= 0.6 is 0 Å². The number of amides is 1. The SMILES string of the molecule is Cc1[nH]c2c(c1C(=O)NCCc1nc(-c3cccnc3)no1)C(=O)CCC2. The van der Waals surface area contributed by atoms with E-state index in [0.29, 0.717) is 42.2 Å². The number of hydrogen-bond acceptors (Lipinski definition) is 6. The molecule has 8 heteroatoms. The third kappa shape index (κ3) is 3.38. The number of carbonyl (C=O) groups excluding carboxylic acids is 2. The Morgan fingerprint density at radius 2 is 2.26 bits per heavy atom. The predicted octanol–water partition coefficient (Wildman–Crippen LogP) is 2.26. The zero-order valence-corrected chi connectivity index (χ0v) is 14.9. The van der Waals surface area contributed by atoms with Crippen LogP contribution in [0.2, 0.25) is 0 Å². The molecule has 0 aromatic carbocycles. The molecule has 4 rings (SSSR count). The second-order valence-corrected chi connectivity index (χ2v) is 6.51. The number of aromatic nitrogens is 4. The molecule has 3 heterocycles. The molecular formula is C19H19N5O3. The summed E-state index contributed by atoms with van der Waals surface area (Å²) in [6.45, 7) is 2.15. The number of nitrogens with zero attached hydrogens (tertiary/aromatic N) is 3. The van der Waals surface area contributed by atoms with Gasteiger partial charge in [0.15, 0.2) is 5.78 Å². The number of pyridine rings is 1. The van der Waals surface area contributed by atoms with E-state index in [-0.39, 0.29) is 11.7 Å². The minimum absolute atomic E-state index is 0.0313. The Bertz CT molecular complexity index is 990. The third-order valence-corrected chi connectivity index (χ3v) is 4.61. The molecule has 3 aromatic heterocycles. The maximum absolute atomic E-state index is 12.6. The van der Waals surface area contributed by atoms with Crippen LogP contribution in [0.25, 0.3) is 11.4 Å². The van der Waals surface area contributed by atoms with Crippen LogP contribution in [0.4, 0.5) is 0 Å². The van der Waals surface area contributed by atoms with Crippen molar-refractivity contribution < 1.29 is 14.1 Å². The lowest BCUT2D eigenvalue weighted by Gasteiger charge is -2.11. The smallest absolute Gasteiger partial charge is 0.253 e. The van der Waals surface area contributed by atoms with Crippen molar-refractivity contribution in [3.8, 4) is 11.4 Å². The Labute approximate surface area is 155 Å².